The highest BCUT2D eigenvalue weighted by Gasteiger charge is 2.47. The summed E-state index contributed by atoms with van der Waals surface area (Å²) in [5.41, 5.74) is -1.84. The zero-order valence-electron chi connectivity index (χ0n) is 19.2. The molecule has 186 valence electrons. The average molecular weight is 514 g/mol. The Kier molecular flexibility index (Phi) is 5.42. The van der Waals surface area contributed by atoms with Crippen molar-refractivity contribution in [2.75, 3.05) is 0 Å². The molecule has 0 spiro atoms. The number of nitriles is 1. The average Bonchev–Trinajstić information content (AvgIpc) is 3.26. The standard InChI is InChI=1S/C22H20FN7O5S/c1-13-5-15(35-26-13)11-29-18-7-17(23)19(36(33,34)27-22(12-24)3-4-22)6-16(18)20(31)30(21(29)32)10-14-8-25-28(2)9-14/h5-9,27H,3-4,10-11H2,1-2H3. The Morgan fingerprint density at radius 3 is 2.56 bits per heavy atom. The summed E-state index contributed by atoms with van der Waals surface area (Å²) >= 11 is 0. The van der Waals surface area contributed by atoms with Gasteiger partial charge in [0.1, 0.15) is 16.3 Å². The van der Waals surface area contributed by atoms with Crippen LogP contribution in [-0.2, 0) is 30.2 Å². The van der Waals surface area contributed by atoms with E-state index in [1.54, 1.807) is 26.2 Å². The summed E-state index contributed by atoms with van der Waals surface area (Å²) in [6, 6.07) is 5.19. The summed E-state index contributed by atoms with van der Waals surface area (Å²) < 4.78 is 52.0. The van der Waals surface area contributed by atoms with Crippen LogP contribution < -0.4 is 16.0 Å². The van der Waals surface area contributed by atoms with E-state index in [2.05, 4.69) is 15.0 Å². The van der Waals surface area contributed by atoms with Gasteiger partial charge in [-0.05, 0) is 31.9 Å². The SMILES string of the molecule is Cc1cc(Cn2c(=O)n(Cc3cnn(C)c3)c(=O)c3cc(S(=O)(=O)NC4(C#N)CC4)c(F)cc32)on1. The van der Waals surface area contributed by atoms with Gasteiger partial charge in [0.25, 0.3) is 5.56 Å². The van der Waals surface area contributed by atoms with E-state index in [0.29, 0.717) is 24.1 Å². The number of halogens is 1. The normalized spacial score (nSPS) is 14.7. The lowest BCUT2D eigenvalue weighted by molar-refractivity contribution is 0.371. The molecule has 1 aliphatic rings. The van der Waals surface area contributed by atoms with Crippen molar-refractivity contribution in [2.24, 2.45) is 7.05 Å². The molecule has 3 aromatic heterocycles. The van der Waals surface area contributed by atoms with E-state index in [1.165, 1.54) is 10.9 Å². The van der Waals surface area contributed by atoms with Crippen molar-refractivity contribution in [3.63, 3.8) is 0 Å². The number of benzene rings is 1. The highest BCUT2D eigenvalue weighted by atomic mass is 32.2. The Labute approximate surface area is 203 Å². The fourth-order valence-corrected chi connectivity index (χ4v) is 5.44. The van der Waals surface area contributed by atoms with Crippen LogP contribution in [0.4, 0.5) is 4.39 Å². The van der Waals surface area contributed by atoms with Crippen molar-refractivity contribution in [1.29, 1.82) is 5.26 Å². The fourth-order valence-electron chi connectivity index (χ4n) is 3.97. The largest absolute Gasteiger partial charge is 0.359 e. The molecule has 0 unspecified atom stereocenters. The molecule has 0 radical (unpaired) electrons. The van der Waals surface area contributed by atoms with Gasteiger partial charge in [0, 0.05) is 24.9 Å². The van der Waals surface area contributed by atoms with Crippen LogP contribution in [0.15, 0.2) is 49.6 Å². The third-order valence-corrected chi connectivity index (χ3v) is 7.50. The van der Waals surface area contributed by atoms with Crippen molar-refractivity contribution < 1.29 is 17.3 Å². The van der Waals surface area contributed by atoms with Crippen molar-refractivity contribution >= 4 is 20.9 Å². The Bertz CT molecular complexity index is 1790. The molecule has 1 N–H and O–H groups in total. The Morgan fingerprint density at radius 1 is 1.22 bits per heavy atom. The van der Waals surface area contributed by atoms with Crippen molar-refractivity contribution in [3.8, 4) is 6.07 Å². The number of aryl methyl sites for hydroxylation is 2. The van der Waals surface area contributed by atoms with Gasteiger partial charge in [-0.3, -0.25) is 18.6 Å². The molecule has 36 heavy (non-hydrogen) atoms. The van der Waals surface area contributed by atoms with E-state index >= 15 is 4.39 Å². The zero-order chi connectivity index (χ0) is 25.8. The lowest BCUT2D eigenvalue weighted by atomic mass is 10.2. The smallest absolute Gasteiger partial charge is 0.332 e. The first kappa shape index (κ1) is 23.6. The van der Waals surface area contributed by atoms with Gasteiger partial charge in [0.15, 0.2) is 5.76 Å². The maximum atomic E-state index is 15.2. The molecule has 1 saturated carbocycles. The van der Waals surface area contributed by atoms with Crippen LogP contribution in [0.1, 0.15) is 29.9 Å². The fraction of sp³-hybridized carbons (Fsp3) is 0.318. The first-order chi connectivity index (χ1) is 17.0. The zero-order valence-corrected chi connectivity index (χ0v) is 20.0. The van der Waals surface area contributed by atoms with Gasteiger partial charge in [-0.25, -0.2) is 17.6 Å². The van der Waals surface area contributed by atoms with Gasteiger partial charge in [0.05, 0.1) is 42.0 Å². The molecule has 0 amide bonds. The number of sulfonamides is 1. The van der Waals surface area contributed by atoms with E-state index in [1.807, 2.05) is 6.07 Å². The van der Waals surface area contributed by atoms with Crippen LogP contribution >= 0.6 is 0 Å². The van der Waals surface area contributed by atoms with Crippen LogP contribution in [0.2, 0.25) is 0 Å². The van der Waals surface area contributed by atoms with Gasteiger partial charge < -0.3 is 4.52 Å². The number of hydrogen-bond acceptors (Lipinski definition) is 8. The summed E-state index contributed by atoms with van der Waals surface area (Å²) in [7, 11) is -2.80. The monoisotopic (exact) mass is 513 g/mol. The highest BCUT2D eigenvalue weighted by molar-refractivity contribution is 7.89. The summed E-state index contributed by atoms with van der Waals surface area (Å²) in [6.45, 7) is 1.37. The number of aromatic nitrogens is 5. The molecule has 0 bridgehead atoms. The Hall–Kier alpha value is -4.09. The summed E-state index contributed by atoms with van der Waals surface area (Å²) in [5.74, 6) is -0.888. The Morgan fingerprint density at radius 2 is 1.97 bits per heavy atom. The van der Waals surface area contributed by atoms with Gasteiger partial charge in [-0.1, -0.05) is 5.16 Å². The minimum absolute atomic E-state index is 0.112. The molecule has 4 aromatic rings. The molecule has 5 rings (SSSR count). The third kappa shape index (κ3) is 4.12. The van der Waals surface area contributed by atoms with E-state index in [0.717, 1.165) is 21.3 Å². The van der Waals surface area contributed by atoms with Crippen LogP contribution in [0.3, 0.4) is 0 Å². The Balaban J connectivity index is 1.73. The summed E-state index contributed by atoms with van der Waals surface area (Å²) in [6.07, 6.45) is 3.71. The number of nitrogens with zero attached hydrogens (tertiary/aromatic N) is 6. The second kappa shape index (κ2) is 8.25. The predicted molar refractivity (Wildman–Crippen MR) is 123 cm³/mol. The van der Waals surface area contributed by atoms with Crippen LogP contribution in [0.25, 0.3) is 10.9 Å². The number of fused-ring (bicyclic) bond motifs is 1. The molecular formula is C22H20FN7O5S. The number of hydrogen-bond donors (Lipinski definition) is 1. The number of nitrogens with one attached hydrogen (secondary N) is 1. The van der Waals surface area contributed by atoms with E-state index in [9.17, 15) is 23.3 Å². The molecule has 1 aliphatic carbocycles. The first-order valence-electron chi connectivity index (χ1n) is 10.8. The first-order valence-corrected chi connectivity index (χ1v) is 12.3. The topological polar surface area (TPSA) is 158 Å². The molecule has 12 nitrogen and oxygen atoms in total. The predicted octanol–water partition coefficient (Wildman–Crippen LogP) is 0.763. The van der Waals surface area contributed by atoms with Crippen LogP contribution in [-0.4, -0.2) is 38.0 Å². The molecular weight excluding hydrogens is 493 g/mol. The van der Waals surface area contributed by atoms with E-state index in [-0.39, 0.29) is 29.8 Å². The third-order valence-electron chi connectivity index (χ3n) is 5.95. The van der Waals surface area contributed by atoms with Crippen molar-refractivity contribution in [1.82, 2.24) is 28.8 Å². The van der Waals surface area contributed by atoms with Gasteiger partial charge in [-0.2, -0.15) is 15.1 Å². The maximum absolute atomic E-state index is 15.2. The molecule has 14 heteroatoms. The quantitative estimate of drug-likeness (QED) is 0.379. The van der Waals surface area contributed by atoms with Gasteiger partial charge >= 0.3 is 5.69 Å². The van der Waals surface area contributed by atoms with Crippen LogP contribution in [0, 0.1) is 24.1 Å². The number of rotatable bonds is 7. The molecule has 0 atom stereocenters. The molecule has 1 aromatic carbocycles. The molecule has 0 aliphatic heterocycles. The van der Waals surface area contributed by atoms with Crippen LogP contribution in [0.5, 0.6) is 0 Å². The van der Waals surface area contributed by atoms with Crippen molar-refractivity contribution in [2.45, 2.75) is 43.3 Å². The maximum Gasteiger partial charge on any atom is 0.332 e. The second-order valence-corrected chi connectivity index (χ2v) is 10.5. The minimum Gasteiger partial charge on any atom is -0.359 e. The molecule has 1 fully saturated rings. The second-order valence-electron chi connectivity index (χ2n) is 8.82. The summed E-state index contributed by atoms with van der Waals surface area (Å²) in [5, 5.41) is 16.9. The molecule has 0 saturated heterocycles. The van der Waals surface area contributed by atoms with E-state index < -0.39 is 37.5 Å². The van der Waals surface area contributed by atoms with Gasteiger partial charge in [0.2, 0.25) is 10.0 Å². The minimum atomic E-state index is -4.48. The summed E-state index contributed by atoms with van der Waals surface area (Å²) in [4.78, 5) is 26.0. The van der Waals surface area contributed by atoms with Gasteiger partial charge in [-0.15, -0.1) is 0 Å². The van der Waals surface area contributed by atoms with Crippen molar-refractivity contribution in [3.05, 3.63) is 74.3 Å². The lowest BCUT2D eigenvalue weighted by Gasteiger charge is -2.15. The highest BCUT2D eigenvalue weighted by Crippen LogP contribution is 2.36. The van der Waals surface area contributed by atoms with E-state index in [4.69, 9.17) is 4.52 Å². The molecule has 3 heterocycles. The lowest BCUT2D eigenvalue weighted by Crippen LogP contribution is -2.41.